The van der Waals surface area contributed by atoms with Gasteiger partial charge in [0.2, 0.25) is 0 Å². The number of aromatic nitrogens is 5. The minimum atomic E-state index is 0.574. The zero-order valence-electron chi connectivity index (χ0n) is 26.7. The van der Waals surface area contributed by atoms with Gasteiger partial charge in [0.1, 0.15) is 11.2 Å². The number of hydrogen-bond acceptors (Lipinski definition) is 5. The number of furan rings is 1. The molecule has 0 saturated heterocycles. The zero-order valence-corrected chi connectivity index (χ0v) is 26.7. The van der Waals surface area contributed by atoms with Crippen molar-refractivity contribution in [1.82, 2.24) is 24.9 Å². The molecular formula is C44H27N5O. The fraction of sp³-hybridized carbons (Fsp3) is 0. The number of nitrogens with zero attached hydrogens (tertiary/aromatic N) is 4. The van der Waals surface area contributed by atoms with Crippen LogP contribution in [0, 0.1) is 0 Å². The van der Waals surface area contributed by atoms with E-state index in [4.69, 9.17) is 24.4 Å². The molecule has 0 unspecified atom stereocenters. The molecule has 6 aromatic carbocycles. The van der Waals surface area contributed by atoms with Gasteiger partial charge >= 0.3 is 0 Å². The van der Waals surface area contributed by atoms with Gasteiger partial charge in [-0.1, -0.05) is 115 Å². The van der Waals surface area contributed by atoms with Crippen LogP contribution in [-0.2, 0) is 0 Å². The predicted octanol–water partition coefficient (Wildman–Crippen LogP) is 11.1. The fourth-order valence-electron chi connectivity index (χ4n) is 6.84. The van der Waals surface area contributed by atoms with Gasteiger partial charge in [-0.05, 0) is 42.0 Å². The first-order chi connectivity index (χ1) is 24.7. The number of hydrogen-bond donors (Lipinski definition) is 1. The summed E-state index contributed by atoms with van der Waals surface area (Å²) in [6.07, 6.45) is 1.96. The maximum Gasteiger partial charge on any atom is 0.164 e. The van der Waals surface area contributed by atoms with E-state index >= 15 is 0 Å². The quantitative estimate of drug-likeness (QED) is 0.202. The van der Waals surface area contributed by atoms with Crippen LogP contribution in [0.1, 0.15) is 0 Å². The molecule has 4 heterocycles. The smallest absolute Gasteiger partial charge is 0.164 e. The molecule has 6 nitrogen and oxygen atoms in total. The SMILES string of the molecule is c1ccc(-c2nc(-c3ccccc3)nc(-c3cc(-c4ccc5ccc6cc[nH]c6c5n4)cc(-c4cccc5c4oc4ccccc45)c3)n2)cc1. The van der Waals surface area contributed by atoms with E-state index in [-0.39, 0.29) is 0 Å². The van der Waals surface area contributed by atoms with Crippen molar-refractivity contribution in [2.75, 3.05) is 0 Å². The minimum Gasteiger partial charge on any atom is -0.455 e. The van der Waals surface area contributed by atoms with Crippen LogP contribution < -0.4 is 0 Å². The van der Waals surface area contributed by atoms with Crippen LogP contribution in [0.15, 0.2) is 162 Å². The van der Waals surface area contributed by atoms with Crippen molar-refractivity contribution < 1.29 is 4.42 Å². The summed E-state index contributed by atoms with van der Waals surface area (Å²) in [6, 6.07) is 51.6. The summed E-state index contributed by atoms with van der Waals surface area (Å²) < 4.78 is 6.52. The van der Waals surface area contributed by atoms with E-state index in [1.165, 1.54) is 0 Å². The van der Waals surface area contributed by atoms with Crippen molar-refractivity contribution >= 4 is 43.7 Å². The summed E-state index contributed by atoms with van der Waals surface area (Å²) in [5.41, 5.74) is 10.1. The molecule has 0 radical (unpaired) electrons. The number of nitrogens with one attached hydrogen (secondary N) is 1. The van der Waals surface area contributed by atoms with Crippen LogP contribution in [-0.4, -0.2) is 24.9 Å². The molecule has 0 fully saturated rings. The van der Waals surface area contributed by atoms with Gasteiger partial charge in [0.25, 0.3) is 0 Å². The van der Waals surface area contributed by atoms with Gasteiger partial charge in [0.05, 0.1) is 16.7 Å². The number of fused-ring (bicyclic) bond motifs is 6. The number of para-hydroxylation sites is 2. The van der Waals surface area contributed by atoms with Crippen molar-refractivity contribution in [2.45, 2.75) is 0 Å². The highest BCUT2D eigenvalue weighted by atomic mass is 16.3. The molecule has 0 bridgehead atoms. The summed E-state index contributed by atoms with van der Waals surface area (Å²) in [5.74, 6) is 1.79. The second-order valence-electron chi connectivity index (χ2n) is 12.4. The van der Waals surface area contributed by atoms with Crippen molar-refractivity contribution in [3.63, 3.8) is 0 Å². The Hall–Kier alpha value is -6.92. The summed E-state index contributed by atoms with van der Waals surface area (Å²) in [4.78, 5) is 23.7. The molecule has 10 rings (SSSR count). The highest BCUT2D eigenvalue weighted by molar-refractivity contribution is 6.10. The minimum absolute atomic E-state index is 0.574. The Kier molecular flexibility index (Phi) is 6.39. The topological polar surface area (TPSA) is 80.5 Å². The molecule has 0 aliphatic heterocycles. The van der Waals surface area contributed by atoms with E-state index in [0.717, 1.165) is 82.8 Å². The zero-order chi connectivity index (χ0) is 33.0. The molecule has 234 valence electrons. The predicted molar refractivity (Wildman–Crippen MR) is 201 cm³/mol. The number of H-pyrrole nitrogens is 1. The van der Waals surface area contributed by atoms with E-state index in [1.54, 1.807) is 0 Å². The second kappa shape index (κ2) is 11.4. The molecule has 0 saturated carbocycles. The van der Waals surface area contributed by atoms with Crippen LogP contribution in [0.3, 0.4) is 0 Å². The molecule has 0 aliphatic rings. The largest absolute Gasteiger partial charge is 0.455 e. The average Bonchev–Trinajstić information content (AvgIpc) is 3.84. The van der Waals surface area contributed by atoms with Crippen LogP contribution in [0.5, 0.6) is 0 Å². The van der Waals surface area contributed by atoms with E-state index in [2.05, 4.69) is 77.8 Å². The first-order valence-corrected chi connectivity index (χ1v) is 16.6. The van der Waals surface area contributed by atoms with E-state index in [1.807, 2.05) is 85.1 Å². The molecule has 0 atom stereocenters. The summed E-state index contributed by atoms with van der Waals surface area (Å²) in [5, 5.41) is 4.36. The molecule has 1 N–H and O–H groups in total. The normalized spacial score (nSPS) is 11.6. The lowest BCUT2D eigenvalue weighted by Crippen LogP contribution is -2.00. The highest BCUT2D eigenvalue weighted by Crippen LogP contribution is 2.39. The number of pyridine rings is 1. The first kappa shape index (κ1) is 28.1. The van der Waals surface area contributed by atoms with Gasteiger partial charge in [0, 0.05) is 55.6 Å². The summed E-state index contributed by atoms with van der Waals surface area (Å²) in [6.45, 7) is 0. The first-order valence-electron chi connectivity index (χ1n) is 16.6. The number of aromatic amines is 1. The molecule has 0 amide bonds. The molecule has 6 heteroatoms. The van der Waals surface area contributed by atoms with Gasteiger partial charge in [-0.15, -0.1) is 0 Å². The third kappa shape index (κ3) is 4.73. The number of rotatable bonds is 5. The van der Waals surface area contributed by atoms with Crippen molar-refractivity contribution in [2.24, 2.45) is 0 Å². The Morgan fingerprint density at radius 3 is 1.84 bits per heavy atom. The fourth-order valence-corrected chi connectivity index (χ4v) is 6.84. The third-order valence-corrected chi connectivity index (χ3v) is 9.29. The van der Waals surface area contributed by atoms with Crippen molar-refractivity contribution in [3.8, 4) is 56.5 Å². The Balaban J connectivity index is 1.24. The van der Waals surface area contributed by atoms with E-state index in [9.17, 15) is 0 Å². The molecule has 0 spiro atoms. The maximum atomic E-state index is 6.52. The van der Waals surface area contributed by atoms with Crippen LogP contribution >= 0.6 is 0 Å². The molecule has 0 aliphatic carbocycles. The molecule has 10 aromatic rings. The lowest BCUT2D eigenvalue weighted by molar-refractivity contribution is 0.670. The lowest BCUT2D eigenvalue weighted by Gasteiger charge is -2.13. The average molecular weight is 642 g/mol. The van der Waals surface area contributed by atoms with Gasteiger partial charge < -0.3 is 9.40 Å². The number of benzene rings is 6. The highest BCUT2D eigenvalue weighted by Gasteiger charge is 2.18. The summed E-state index contributed by atoms with van der Waals surface area (Å²) >= 11 is 0. The Bertz CT molecular complexity index is 2820. The Morgan fingerprint density at radius 1 is 0.440 bits per heavy atom. The van der Waals surface area contributed by atoms with Crippen LogP contribution in [0.25, 0.3) is 100 Å². The standard InChI is InChI=1S/C44H27N5O/c1-3-10-29(11-4-1)42-47-43(30-12-5-2-6-13-30)49-44(48-42)33-25-31(34-15-9-16-36-35-14-7-8-17-38(35)50-41(34)36)24-32(26-33)37-21-20-27-18-19-28-22-23-45-39(28)40(27)46-37/h1-26,45H. The lowest BCUT2D eigenvalue weighted by atomic mass is 9.96. The van der Waals surface area contributed by atoms with Crippen molar-refractivity contribution in [1.29, 1.82) is 0 Å². The summed E-state index contributed by atoms with van der Waals surface area (Å²) in [7, 11) is 0. The Morgan fingerprint density at radius 2 is 1.06 bits per heavy atom. The van der Waals surface area contributed by atoms with Gasteiger partial charge in [0.15, 0.2) is 17.5 Å². The Labute approximate surface area is 286 Å². The third-order valence-electron chi connectivity index (χ3n) is 9.29. The van der Waals surface area contributed by atoms with Gasteiger partial charge in [-0.2, -0.15) is 0 Å². The van der Waals surface area contributed by atoms with E-state index < -0.39 is 0 Å². The van der Waals surface area contributed by atoms with Crippen molar-refractivity contribution in [3.05, 3.63) is 158 Å². The molecule has 4 aromatic heterocycles. The van der Waals surface area contributed by atoms with Crippen LogP contribution in [0.2, 0.25) is 0 Å². The van der Waals surface area contributed by atoms with E-state index in [0.29, 0.717) is 17.5 Å². The maximum absolute atomic E-state index is 6.52. The van der Waals surface area contributed by atoms with Gasteiger partial charge in [-0.25, -0.2) is 19.9 Å². The molecule has 50 heavy (non-hydrogen) atoms. The monoisotopic (exact) mass is 641 g/mol. The van der Waals surface area contributed by atoms with Crippen LogP contribution in [0.4, 0.5) is 0 Å². The molecular weight excluding hydrogens is 615 g/mol. The second-order valence-corrected chi connectivity index (χ2v) is 12.4. The van der Waals surface area contributed by atoms with Gasteiger partial charge in [-0.3, -0.25) is 0 Å².